The third kappa shape index (κ3) is 3.57. The van der Waals surface area contributed by atoms with Crippen molar-refractivity contribution in [3.8, 4) is 0 Å². The lowest BCUT2D eigenvalue weighted by Crippen LogP contribution is -2.37. The van der Waals surface area contributed by atoms with Crippen LogP contribution in [0, 0.1) is 5.92 Å². The van der Waals surface area contributed by atoms with Gasteiger partial charge in [0.1, 0.15) is 0 Å². The van der Waals surface area contributed by atoms with Crippen LogP contribution < -0.4 is 5.73 Å². The zero-order valence-corrected chi connectivity index (χ0v) is 12.5. The summed E-state index contributed by atoms with van der Waals surface area (Å²) < 4.78 is 2.22. The van der Waals surface area contributed by atoms with Gasteiger partial charge in [-0.1, -0.05) is 13.8 Å². The number of aromatic nitrogens is 2. The van der Waals surface area contributed by atoms with E-state index >= 15 is 0 Å². The van der Waals surface area contributed by atoms with Crippen LogP contribution in [0.1, 0.15) is 51.8 Å². The average Bonchev–Trinajstić information content (AvgIpc) is 3.12. The molecule has 1 atom stereocenters. The van der Waals surface area contributed by atoms with Crippen LogP contribution in [-0.2, 0) is 6.54 Å². The summed E-state index contributed by atoms with van der Waals surface area (Å²) in [5.41, 5.74) is 7.36. The smallest absolute Gasteiger partial charge is 0.0948 e. The maximum atomic E-state index is 6.08. The number of imidazole rings is 1. The van der Waals surface area contributed by atoms with Gasteiger partial charge in [-0.2, -0.15) is 0 Å². The van der Waals surface area contributed by atoms with E-state index in [1.807, 2.05) is 12.5 Å². The molecule has 0 aromatic carbocycles. The standard InChI is InChI=1S/C15H28N4/c1-4-18-11-17-10-15(18)14(9-16)19(13-5-6-13)8-7-12(2)3/h10-14H,4-9,16H2,1-3H3. The van der Waals surface area contributed by atoms with Crippen molar-refractivity contribution >= 4 is 0 Å². The van der Waals surface area contributed by atoms with Gasteiger partial charge in [-0.25, -0.2) is 4.98 Å². The molecule has 0 radical (unpaired) electrons. The molecule has 0 saturated heterocycles. The normalized spacial score (nSPS) is 17.4. The van der Waals surface area contributed by atoms with Crippen LogP contribution in [0.2, 0.25) is 0 Å². The van der Waals surface area contributed by atoms with Crippen molar-refractivity contribution in [2.45, 2.75) is 58.7 Å². The number of nitrogens with zero attached hydrogens (tertiary/aromatic N) is 3. The second kappa shape index (κ2) is 6.53. The number of hydrogen-bond acceptors (Lipinski definition) is 3. The molecule has 4 nitrogen and oxygen atoms in total. The van der Waals surface area contributed by atoms with Crippen LogP contribution >= 0.6 is 0 Å². The second-order valence-corrected chi connectivity index (χ2v) is 6.01. The Kier molecular flexibility index (Phi) is 4.99. The Hall–Kier alpha value is -0.870. The second-order valence-electron chi connectivity index (χ2n) is 6.01. The SMILES string of the molecule is CCn1cncc1C(CN)N(CCC(C)C)C1CC1. The van der Waals surface area contributed by atoms with E-state index in [-0.39, 0.29) is 0 Å². The molecule has 108 valence electrons. The summed E-state index contributed by atoms with van der Waals surface area (Å²) in [4.78, 5) is 6.91. The van der Waals surface area contributed by atoms with Gasteiger partial charge in [-0.05, 0) is 38.6 Å². The quantitative estimate of drug-likeness (QED) is 0.784. The largest absolute Gasteiger partial charge is 0.333 e. The van der Waals surface area contributed by atoms with Crippen molar-refractivity contribution in [3.05, 3.63) is 18.2 Å². The third-order valence-corrected chi connectivity index (χ3v) is 4.03. The fourth-order valence-corrected chi connectivity index (χ4v) is 2.71. The van der Waals surface area contributed by atoms with Gasteiger partial charge in [0.2, 0.25) is 0 Å². The summed E-state index contributed by atoms with van der Waals surface area (Å²) in [6.45, 7) is 9.54. The van der Waals surface area contributed by atoms with Crippen LogP contribution in [0.15, 0.2) is 12.5 Å². The minimum Gasteiger partial charge on any atom is -0.333 e. The molecule has 2 rings (SSSR count). The summed E-state index contributed by atoms with van der Waals surface area (Å²) >= 11 is 0. The highest BCUT2D eigenvalue weighted by Crippen LogP contribution is 2.34. The van der Waals surface area contributed by atoms with Crippen LogP contribution in [0.3, 0.4) is 0 Å². The molecule has 1 aromatic heterocycles. The molecule has 1 unspecified atom stereocenters. The zero-order valence-electron chi connectivity index (χ0n) is 12.5. The fraction of sp³-hybridized carbons (Fsp3) is 0.800. The fourth-order valence-electron chi connectivity index (χ4n) is 2.71. The van der Waals surface area contributed by atoms with Gasteiger partial charge < -0.3 is 10.3 Å². The lowest BCUT2D eigenvalue weighted by atomic mass is 10.1. The Labute approximate surface area is 117 Å². The first kappa shape index (κ1) is 14.5. The van der Waals surface area contributed by atoms with E-state index in [9.17, 15) is 0 Å². The first-order chi connectivity index (χ1) is 9.17. The lowest BCUT2D eigenvalue weighted by molar-refractivity contribution is 0.174. The van der Waals surface area contributed by atoms with E-state index < -0.39 is 0 Å². The molecule has 19 heavy (non-hydrogen) atoms. The Balaban J connectivity index is 2.12. The molecule has 0 aliphatic heterocycles. The van der Waals surface area contributed by atoms with Gasteiger partial charge in [0.15, 0.2) is 0 Å². The summed E-state index contributed by atoms with van der Waals surface area (Å²) in [6, 6.07) is 1.07. The molecule has 2 N–H and O–H groups in total. The Morgan fingerprint density at radius 2 is 2.21 bits per heavy atom. The van der Waals surface area contributed by atoms with E-state index in [4.69, 9.17) is 5.73 Å². The molecular formula is C15H28N4. The van der Waals surface area contributed by atoms with Crippen molar-refractivity contribution in [1.29, 1.82) is 0 Å². The van der Waals surface area contributed by atoms with Crippen LogP contribution in [0.25, 0.3) is 0 Å². The minimum absolute atomic E-state index is 0.327. The first-order valence-electron chi connectivity index (χ1n) is 7.63. The maximum Gasteiger partial charge on any atom is 0.0948 e. The summed E-state index contributed by atoms with van der Waals surface area (Å²) in [6.07, 6.45) is 7.81. The predicted molar refractivity (Wildman–Crippen MR) is 78.9 cm³/mol. The molecule has 1 heterocycles. The molecule has 0 bridgehead atoms. The molecule has 1 aliphatic rings. The highest BCUT2D eigenvalue weighted by molar-refractivity contribution is 5.08. The third-order valence-electron chi connectivity index (χ3n) is 4.03. The lowest BCUT2D eigenvalue weighted by Gasteiger charge is -2.32. The molecule has 1 aromatic rings. The van der Waals surface area contributed by atoms with Gasteiger partial charge in [-0.3, -0.25) is 4.90 Å². The van der Waals surface area contributed by atoms with E-state index in [1.165, 1.54) is 25.0 Å². The van der Waals surface area contributed by atoms with Crippen LogP contribution in [0.4, 0.5) is 0 Å². The van der Waals surface area contributed by atoms with Gasteiger partial charge in [0, 0.05) is 25.3 Å². The number of nitrogens with two attached hydrogens (primary N) is 1. The van der Waals surface area contributed by atoms with Gasteiger partial charge in [0.25, 0.3) is 0 Å². The molecule has 1 saturated carbocycles. The summed E-state index contributed by atoms with van der Waals surface area (Å²) in [5.74, 6) is 0.746. The number of aryl methyl sites for hydroxylation is 1. The molecule has 1 fully saturated rings. The van der Waals surface area contributed by atoms with Gasteiger partial charge in [-0.15, -0.1) is 0 Å². The highest BCUT2D eigenvalue weighted by Gasteiger charge is 2.34. The molecule has 4 heteroatoms. The van der Waals surface area contributed by atoms with E-state index in [0.29, 0.717) is 12.6 Å². The van der Waals surface area contributed by atoms with Crippen molar-refractivity contribution < 1.29 is 0 Å². The van der Waals surface area contributed by atoms with Crippen molar-refractivity contribution in [2.24, 2.45) is 11.7 Å². The van der Waals surface area contributed by atoms with E-state index in [1.54, 1.807) is 0 Å². The minimum atomic E-state index is 0.327. The van der Waals surface area contributed by atoms with E-state index in [0.717, 1.165) is 25.0 Å². The Bertz CT molecular complexity index is 381. The molecule has 0 amide bonds. The highest BCUT2D eigenvalue weighted by atomic mass is 15.2. The molecule has 0 spiro atoms. The van der Waals surface area contributed by atoms with Crippen LogP contribution in [0.5, 0.6) is 0 Å². The average molecular weight is 264 g/mol. The van der Waals surface area contributed by atoms with Gasteiger partial charge in [0.05, 0.1) is 18.1 Å². The number of hydrogen-bond donors (Lipinski definition) is 1. The van der Waals surface area contributed by atoms with Crippen molar-refractivity contribution in [1.82, 2.24) is 14.5 Å². The Morgan fingerprint density at radius 3 is 2.74 bits per heavy atom. The van der Waals surface area contributed by atoms with E-state index in [2.05, 4.69) is 35.2 Å². The molecule has 1 aliphatic carbocycles. The predicted octanol–water partition coefficient (Wildman–Crippen LogP) is 2.41. The maximum absolute atomic E-state index is 6.08. The number of rotatable bonds is 8. The van der Waals surface area contributed by atoms with Crippen LogP contribution in [-0.4, -0.2) is 33.6 Å². The summed E-state index contributed by atoms with van der Waals surface area (Å²) in [7, 11) is 0. The van der Waals surface area contributed by atoms with Gasteiger partial charge >= 0.3 is 0 Å². The topological polar surface area (TPSA) is 47.1 Å². The Morgan fingerprint density at radius 1 is 1.47 bits per heavy atom. The zero-order chi connectivity index (χ0) is 13.8. The molecular weight excluding hydrogens is 236 g/mol. The van der Waals surface area contributed by atoms with Crippen molar-refractivity contribution in [2.75, 3.05) is 13.1 Å². The summed E-state index contributed by atoms with van der Waals surface area (Å²) in [5, 5.41) is 0. The first-order valence-corrected chi connectivity index (χ1v) is 7.63. The monoisotopic (exact) mass is 264 g/mol. The van der Waals surface area contributed by atoms with Crippen molar-refractivity contribution in [3.63, 3.8) is 0 Å².